The van der Waals surface area contributed by atoms with Gasteiger partial charge < -0.3 is 14.6 Å². The number of aromatic nitrogens is 1. The molecule has 17 heavy (non-hydrogen) atoms. The van der Waals surface area contributed by atoms with Gasteiger partial charge in [-0.25, -0.2) is 0 Å². The number of methoxy groups -OCH3 is 1. The Morgan fingerprint density at radius 2 is 2.06 bits per heavy atom. The zero-order valence-electron chi connectivity index (χ0n) is 9.97. The minimum Gasteiger partial charge on any atom is -0.497 e. The van der Waals surface area contributed by atoms with Crippen LogP contribution in [0.15, 0.2) is 42.6 Å². The van der Waals surface area contributed by atoms with Gasteiger partial charge in [-0.1, -0.05) is 0 Å². The van der Waals surface area contributed by atoms with E-state index < -0.39 is 0 Å². The summed E-state index contributed by atoms with van der Waals surface area (Å²) in [7, 11) is 1.70. The first-order valence-corrected chi connectivity index (χ1v) is 6.01. The number of fused-ring (bicyclic) bond motifs is 1. The molecule has 88 valence electrons. The Kier molecular flexibility index (Phi) is 2.61. The highest BCUT2D eigenvalue weighted by molar-refractivity contribution is 5.32. The van der Waals surface area contributed by atoms with Gasteiger partial charge in [0.15, 0.2) is 6.04 Å². The number of rotatable bonds is 2. The third kappa shape index (κ3) is 1.83. The largest absolute Gasteiger partial charge is 0.497 e. The van der Waals surface area contributed by atoms with E-state index in [2.05, 4.69) is 40.3 Å². The molecule has 0 fully saturated rings. The Balaban J connectivity index is 1.95. The highest BCUT2D eigenvalue weighted by Crippen LogP contribution is 2.22. The summed E-state index contributed by atoms with van der Waals surface area (Å²) in [5.41, 5.74) is 2.73. The van der Waals surface area contributed by atoms with Gasteiger partial charge in [0.1, 0.15) is 5.75 Å². The molecule has 3 nitrogen and oxygen atoms in total. The number of ether oxygens (including phenoxy) is 1. The lowest BCUT2D eigenvalue weighted by Crippen LogP contribution is -2.88. The highest BCUT2D eigenvalue weighted by atomic mass is 16.5. The van der Waals surface area contributed by atoms with Crippen molar-refractivity contribution < 1.29 is 10.1 Å². The van der Waals surface area contributed by atoms with Crippen molar-refractivity contribution in [2.45, 2.75) is 12.6 Å². The summed E-state index contributed by atoms with van der Waals surface area (Å²) in [5, 5.41) is 2.40. The van der Waals surface area contributed by atoms with Gasteiger partial charge in [0.05, 0.1) is 25.9 Å². The van der Waals surface area contributed by atoms with Crippen LogP contribution < -0.4 is 10.1 Å². The zero-order valence-corrected chi connectivity index (χ0v) is 9.97. The van der Waals surface area contributed by atoms with E-state index in [1.807, 2.05) is 12.1 Å². The fourth-order valence-corrected chi connectivity index (χ4v) is 2.53. The maximum absolute atomic E-state index is 5.20. The van der Waals surface area contributed by atoms with Crippen molar-refractivity contribution in [2.24, 2.45) is 0 Å². The van der Waals surface area contributed by atoms with E-state index in [1.165, 1.54) is 11.3 Å². The number of benzene rings is 1. The van der Waals surface area contributed by atoms with Gasteiger partial charge in [0, 0.05) is 11.8 Å². The molecule has 2 heterocycles. The van der Waals surface area contributed by atoms with E-state index in [4.69, 9.17) is 4.74 Å². The molecule has 2 N–H and O–H groups in total. The maximum Gasteiger partial charge on any atom is 0.152 e. The molecule has 1 atom stereocenters. The Hall–Kier alpha value is -1.74. The summed E-state index contributed by atoms with van der Waals surface area (Å²) in [6, 6.07) is 13.1. The molecule has 0 bridgehead atoms. The Labute approximate surface area is 101 Å². The standard InChI is InChI=1S/C14H16N2O/c1-17-12-6-4-11(5-7-12)14-13-3-2-9-16(13)10-8-15-14/h2-7,9,14-15H,8,10H2,1H3/p+1/t14-/m1/s1. The van der Waals surface area contributed by atoms with Crippen molar-refractivity contribution in [1.82, 2.24) is 4.57 Å². The van der Waals surface area contributed by atoms with Crippen LogP contribution in [-0.2, 0) is 6.54 Å². The summed E-state index contributed by atoms with van der Waals surface area (Å²) in [6.45, 7) is 2.24. The van der Waals surface area contributed by atoms with Crippen molar-refractivity contribution in [3.63, 3.8) is 0 Å². The van der Waals surface area contributed by atoms with Crippen LogP contribution in [-0.4, -0.2) is 18.2 Å². The number of hydrogen-bond acceptors (Lipinski definition) is 1. The smallest absolute Gasteiger partial charge is 0.152 e. The maximum atomic E-state index is 5.20. The second-order valence-electron chi connectivity index (χ2n) is 4.40. The van der Waals surface area contributed by atoms with Gasteiger partial charge >= 0.3 is 0 Å². The van der Waals surface area contributed by atoms with Crippen molar-refractivity contribution >= 4 is 0 Å². The quantitative estimate of drug-likeness (QED) is 0.823. The second-order valence-corrected chi connectivity index (χ2v) is 4.40. The van der Waals surface area contributed by atoms with Crippen LogP contribution in [0.25, 0.3) is 0 Å². The first-order chi connectivity index (χ1) is 8.38. The van der Waals surface area contributed by atoms with Gasteiger partial charge in [-0.05, 0) is 36.4 Å². The van der Waals surface area contributed by atoms with Crippen molar-refractivity contribution in [3.05, 3.63) is 53.9 Å². The third-order valence-electron chi connectivity index (χ3n) is 3.43. The molecule has 1 aliphatic rings. The van der Waals surface area contributed by atoms with Crippen molar-refractivity contribution in [1.29, 1.82) is 0 Å². The molecule has 0 unspecified atom stereocenters. The van der Waals surface area contributed by atoms with E-state index in [0.29, 0.717) is 6.04 Å². The SMILES string of the molecule is COc1ccc([C@H]2[NH2+]CCn3cccc32)cc1. The Bertz CT molecular complexity index is 501. The first kappa shape index (κ1) is 10.4. The highest BCUT2D eigenvalue weighted by Gasteiger charge is 2.24. The summed E-state index contributed by atoms with van der Waals surface area (Å²) < 4.78 is 7.54. The summed E-state index contributed by atoms with van der Waals surface area (Å²) in [6.07, 6.45) is 2.17. The molecule has 1 aliphatic heterocycles. The molecule has 0 saturated carbocycles. The van der Waals surface area contributed by atoms with Gasteiger partial charge in [-0.15, -0.1) is 0 Å². The van der Waals surface area contributed by atoms with E-state index in [-0.39, 0.29) is 0 Å². The fourth-order valence-electron chi connectivity index (χ4n) is 2.53. The minimum atomic E-state index is 0.421. The van der Waals surface area contributed by atoms with Crippen LogP contribution in [0.3, 0.4) is 0 Å². The normalized spacial score (nSPS) is 18.8. The second kappa shape index (κ2) is 4.26. The van der Waals surface area contributed by atoms with Crippen LogP contribution in [0.2, 0.25) is 0 Å². The molecule has 2 aromatic rings. The van der Waals surface area contributed by atoms with E-state index in [1.54, 1.807) is 7.11 Å². The molecular weight excluding hydrogens is 212 g/mol. The molecule has 0 aliphatic carbocycles. The van der Waals surface area contributed by atoms with E-state index >= 15 is 0 Å². The van der Waals surface area contributed by atoms with Crippen LogP contribution in [0.1, 0.15) is 17.3 Å². The lowest BCUT2D eigenvalue weighted by molar-refractivity contribution is -0.693. The van der Waals surface area contributed by atoms with Crippen molar-refractivity contribution in [2.75, 3.05) is 13.7 Å². The summed E-state index contributed by atoms with van der Waals surface area (Å²) in [5.74, 6) is 0.917. The molecular formula is C14H17N2O+. The number of nitrogens with two attached hydrogens (primary N) is 1. The van der Waals surface area contributed by atoms with Gasteiger partial charge in [0.25, 0.3) is 0 Å². The Morgan fingerprint density at radius 1 is 1.24 bits per heavy atom. The monoisotopic (exact) mass is 229 g/mol. The van der Waals surface area contributed by atoms with Gasteiger partial charge in [-0.3, -0.25) is 0 Å². The lowest BCUT2D eigenvalue weighted by atomic mass is 10.0. The molecule has 1 aromatic carbocycles. The zero-order chi connectivity index (χ0) is 11.7. The molecule has 0 spiro atoms. The van der Waals surface area contributed by atoms with Crippen LogP contribution in [0.4, 0.5) is 0 Å². The average molecular weight is 229 g/mol. The Morgan fingerprint density at radius 3 is 2.82 bits per heavy atom. The van der Waals surface area contributed by atoms with Crippen molar-refractivity contribution in [3.8, 4) is 5.75 Å². The van der Waals surface area contributed by atoms with Crippen LogP contribution in [0, 0.1) is 0 Å². The summed E-state index contributed by atoms with van der Waals surface area (Å²) in [4.78, 5) is 0. The minimum absolute atomic E-state index is 0.421. The predicted octanol–water partition coefficient (Wildman–Crippen LogP) is 1.16. The first-order valence-electron chi connectivity index (χ1n) is 6.01. The molecule has 1 aromatic heterocycles. The van der Waals surface area contributed by atoms with E-state index in [0.717, 1.165) is 18.8 Å². The van der Waals surface area contributed by atoms with Crippen LogP contribution in [0.5, 0.6) is 5.75 Å². The molecule has 0 radical (unpaired) electrons. The number of nitrogens with zero attached hydrogens (tertiary/aromatic N) is 1. The topological polar surface area (TPSA) is 30.8 Å². The predicted molar refractivity (Wildman–Crippen MR) is 66.1 cm³/mol. The molecule has 3 rings (SSSR count). The lowest BCUT2D eigenvalue weighted by Gasteiger charge is -2.23. The van der Waals surface area contributed by atoms with Crippen LogP contribution >= 0.6 is 0 Å². The summed E-state index contributed by atoms with van der Waals surface area (Å²) >= 11 is 0. The van der Waals surface area contributed by atoms with Gasteiger partial charge in [0.2, 0.25) is 0 Å². The third-order valence-corrected chi connectivity index (χ3v) is 3.43. The molecule has 0 amide bonds. The average Bonchev–Trinajstić information content (AvgIpc) is 2.87. The molecule has 0 saturated heterocycles. The fraction of sp³-hybridized carbons (Fsp3) is 0.286. The number of quaternary nitrogens is 1. The van der Waals surface area contributed by atoms with Gasteiger partial charge in [-0.2, -0.15) is 0 Å². The number of hydrogen-bond donors (Lipinski definition) is 1. The van der Waals surface area contributed by atoms with E-state index in [9.17, 15) is 0 Å². The molecule has 3 heteroatoms.